The number of allylic oxidation sites excluding steroid dienone is 2. The number of morpholine rings is 1. The summed E-state index contributed by atoms with van der Waals surface area (Å²) in [4.78, 5) is 20.8. The SMILES string of the molecule is COC1(c2ccncc2)C=C(c2cc(NC(=O)N3CC[C@@H](CC(F)(F)F)C3)ccc2C)C=C(N2CCOCC2)N1. The van der Waals surface area contributed by atoms with Gasteiger partial charge in [-0.3, -0.25) is 4.98 Å². The molecule has 2 atom stereocenters. The van der Waals surface area contributed by atoms with Crippen LogP contribution in [0, 0.1) is 12.8 Å². The van der Waals surface area contributed by atoms with E-state index in [4.69, 9.17) is 9.47 Å². The van der Waals surface area contributed by atoms with Crippen molar-refractivity contribution in [3.05, 3.63) is 77.4 Å². The Morgan fingerprint density at radius 1 is 1.20 bits per heavy atom. The first-order valence-electron chi connectivity index (χ1n) is 13.4. The van der Waals surface area contributed by atoms with Crippen molar-refractivity contribution in [1.82, 2.24) is 20.1 Å². The van der Waals surface area contributed by atoms with Gasteiger partial charge in [0.2, 0.25) is 0 Å². The third-order valence-corrected chi connectivity index (χ3v) is 7.64. The second-order valence-corrected chi connectivity index (χ2v) is 10.4. The number of hydrogen-bond donors (Lipinski definition) is 2. The molecule has 1 aromatic carbocycles. The first-order chi connectivity index (χ1) is 19.2. The fraction of sp³-hybridized carbons (Fsp3) is 0.448. The van der Waals surface area contributed by atoms with Crippen molar-refractivity contribution in [3.63, 3.8) is 0 Å². The predicted octanol–water partition coefficient (Wildman–Crippen LogP) is 4.86. The Bertz CT molecular complexity index is 1280. The molecule has 1 unspecified atom stereocenters. The molecule has 0 radical (unpaired) electrons. The minimum absolute atomic E-state index is 0.0921. The highest BCUT2D eigenvalue weighted by Crippen LogP contribution is 2.37. The Labute approximate surface area is 231 Å². The number of halogens is 3. The second kappa shape index (κ2) is 11.5. The Balaban J connectivity index is 1.43. The average molecular weight is 558 g/mol. The van der Waals surface area contributed by atoms with Crippen LogP contribution in [0.2, 0.25) is 0 Å². The fourth-order valence-electron chi connectivity index (χ4n) is 5.51. The number of ether oxygens (including phenoxy) is 2. The zero-order valence-electron chi connectivity index (χ0n) is 22.6. The van der Waals surface area contributed by atoms with E-state index in [1.807, 2.05) is 37.3 Å². The number of alkyl halides is 3. The number of amides is 2. The van der Waals surface area contributed by atoms with Gasteiger partial charge < -0.3 is 29.9 Å². The number of methoxy groups -OCH3 is 1. The van der Waals surface area contributed by atoms with Crippen LogP contribution in [-0.4, -0.2) is 73.5 Å². The molecular weight excluding hydrogens is 523 g/mol. The van der Waals surface area contributed by atoms with E-state index in [0.717, 1.165) is 41.2 Å². The maximum Gasteiger partial charge on any atom is 0.389 e. The lowest BCUT2D eigenvalue weighted by molar-refractivity contribution is -0.143. The molecule has 2 amide bonds. The van der Waals surface area contributed by atoms with Crippen molar-refractivity contribution in [2.45, 2.75) is 31.7 Å². The van der Waals surface area contributed by atoms with Gasteiger partial charge >= 0.3 is 12.2 Å². The Hall–Kier alpha value is -3.57. The highest BCUT2D eigenvalue weighted by molar-refractivity contribution is 5.91. The molecule has 3 aliphatic heterocycles. The second-order valence-electron chi connectivity index (χ2n) is 10.4. The lowest BCUT2D eigenvalue weighted by Crippen LogP contribution is -2.50. The molecule has 40 heavy (non-hydrogen) atoms. The summed E-state index contributed by atoms with van der Waals surface area (Å²) >= 11 is 0. The smallest absolute Gasteiger partial charge is 0.378 e. The van der Waals surface area contributed by atoms with E-state index in [1.54, 1.807) is 25.6 Å². The molecule has 3 aliphatic rings. The highest BCUT2D eigenvalue weighted by atomic mass is 19.4. The minimum atomic E-state index is -4.23. The van der Waals surface area contributed by atoms with E-state index >= 15 is 0 Å². The van der Waals surface area contributed by atoms with Crippen molar-refractivity contribution in [1.29, 1.82) is 0 Å². The molecule has 1 aromatic heterocycles. The molecule has 5 rings (SSSR count). The number of carbonyl (C=O) groups is 1. The number of nitrogens with one attached hydrogen (secondary N) is 2. The molecule has 11 heteroatoms. The van der Waals surface area contributed by atoms with E-state index in [9.17, 15) is 18.0 Å². The van der Waals surface area contributed by atoms with Crippen molar-refractivity contribution < 1.29 is 27.4 Å². The summed E-state index contributed by atoms with van der Waals surface area (Å²) in [7, 11) is 1.65. The van der Waals surface area contributed by atoms with Gasteiger partial charge in [-0.05, 0) is 72.4 Å². The summed E-state index contributed by atoms with van der Waals surface area (Å²) in [5.41, 5.74) is 3.28. The minimum Gasteiger partial charge on any atom is -0.378 e. The van der Waals surface area contributed by atoms with Gasteiger partial charge in [-0.25, -0.2) is 4.79 Å². The van der Waals surface area contributed by atoms with Crippen LogP contribution in [-0.2, 0) is 15.2 Å². The maximum absolute atomic E-state index is 12.9. The molecule has 0 saturated carbocycles. The third-order valence-electron chi connectivity index (χ3n) is 7.64. The van der Waals surface area contributed by atoms with Gasteiger partial charge in [0.05, 0.1) is 13.2 Å². The number of pyridine rings is 1. The van der Waals surface area contributed by atoms with Gasteiger partial charge in [0, 0.05) is 63.4 Å². The Morgan fingerprint density at radius 3 is 2.65 bits per heavy atom. The van der Waals surface area contributed by atoms with Gasteiger partial charge in [0.15, 0.2) is 5.72 Å². The number of aromatic nitrogens is 1. The lowest BCUT2D eigenvalue weighted by Gasteiger charge is -2.41. The molecule has 2 fully saturated rings. The maximum atomic E-state index is 12.9. The summed E-state index contributed by atoms with van der Waals surface area (Å²) in [6, 6.07) is 9.03. The Morgan fingerprint density at radius 2 is 1.95 bits per heavy atom. The molecule has 0 spiro atoms. The number of anilines is 1. The summed E-state index contributed by atoms with van der Waals surface area (Å²) in [5, 5.41) is 6.47. The monoisotopic (exact) mass is 557 g/mol. The number of carbonyl (C=O) groups excluding carboxylic acids is 1. The topological polar surface area (TPSA) is 79.0 Å². The largest absolute Gasteiger partial charge is 0.389 e. The number of urea groups is 1. The van der Waals surface area contributed by atoms with Crippen LogP contribution < -0.4 is 10.6 Å². The van der Waals surface area contributed by atoms with Crippen molar-refractivity contribution >= 4 is 17.3 Å². The Kier molecular flexibility index (Phi) is 8.04. The molecule has 4 heterocycles. The van der Waals surface area contributed by atoms with Crippen LogP contribution in [0.15, 0.2) is 60.7 Å². The van der Waals surface area contributed by atoms with Gasteiger partial charge in [-0.15, -0.1) is 0 Å². The van der Waals surface area contributed by atoms with Gasteiger partial charge in [0.25, 0.3) is 0 Å². The first-order valence-corrected chi connectivity index (χ1v) is 13.4. The quantitative estimate of drug-likeness (QED) is 0.529. The third kappa shape index (κ3) is 6.26. The molecule has 2 saturated heterocycles. The number of aryl methyl sites for hydroxylation is 1. The zero-order chi connectivity index (χ0) is 28.3. The van der Waals surface area contributed by atoms with Crippen molar-refractivity contribution in [2.24, 2.45) is 5.92 Å². The van der Waals surface area contributed by atoms with Gasteiger partial charge in [0.1, 0.15) is 5.82 Å². The van der Waals surface area contributed by atoms with Crippen LogP contribution in [0.25, 0.3) is 5.57 Å². The number of dihydropyridines is 1. The molecule has 0 aliphatic carbocycles. The summed E-state index contributed by atoms with van der Waals surface area (Å²) in [6.07, 6.45) is 2.77. The van der Waals surface area contributed by atoms with Gasteiger partial charge in [-0.1, -0.05) is 6.07 Å². The first kappa shape index (κ1) is 28.0. The number of rotatable bonds is 6. The van der Waals surface area contributed by atoms with Crippen LogP contribution in [0.1, 0.15) is 29.5 Å². The van der Waals surface area contributed by atoms with E-state index in [-0.39, 0.29) is 6.54 Å². The number of benzene rings is 1. The molecule has 214 valence electrons. The van der Waals surface area contributed by atoms with Crippen LogP contribution in [0.4, 0.5) is 23.7 Å². The van der Waals surface area contributed by atoms with Gasteiger partial charge in [-0.2, -0.15) is 13.2 Å². The summed E-state index contributed by atoms with van der Waals surface area (Å²) < 4.78 is 50.1. The predicted molar refractivity (Wildman–Crippen MR) is 145 cm³/mol. The van der Waals surface area contributed by atoms with Crippen molar-refractivity contribution in [3.8, 4) is 0 Å². The molecule has 2 aromatic rings. The fourth-order valence-corrected chi connectivity index (χ4v) is 5.51. The standard InChI is InChI=1S/C29H34F3N5O3/c1-20-3-4-24(34-27(38)37-10-7-21(19-37)17-29(30,31)32)16-25(20)22-15-26(36-11-13-40-14-12-36)35-28(18-22,39-2)23-5-8-33-9-6-23/h3-6,8-9,15-16,18,21,35H,7,10-14,17,19H2,1-2H3,(H,34,38)/t21-,28?/m0/s1. The summed E-state index contributed by atoms with van der Waals surface area (Å²) in [5.74, 6) is 0.319. The molecule has 8 nitrogen and oxygen atoms in total. The lowest BCUT2D eigenvalue weighted by atomic mass is 9.91. The highest BCUT2D eigenvalue weighted by Gasteiger charge is 2.37. The van der Waals surface area contributed by atoms with E-state index < -0.39 is 30.3 Å². The average Bonchev–Trinajstić information content (AvgIpc) is 3.42. The van der Waals surface area contributed by atoms with E-state index in [2.05, 4.69) is 26.6 Å². The van der Waals surface area contributed by atoms with Crippen LogP contribution in [0.3, 0.4) is 0 Å². The number of hydrogen-bond acceptors (Lipinski definition) is 6. The van der Waals surface area contributed by atoms with E-state index in [0.29, 0.717) is 31.9 Å². The molecule has 2 N–H and O–H groups in total. The number of nitrogens with zero attached hydrogens (tertiary/aromatic N) is 3. The zero-order valence-corrected chi connectivity index (χ0v) is 22.6. The summed E-state index contributed by atoms with van der Waals surface area (Å²) in [6.45, 7) is 5.08. The normalized spacial score (nSPS) is 23.4. The van der Waals surface area contributed by atoms with Crippen molar-refractivity contribution in [2.75, 3.05) is 51.8 Å². The van der Waals surface area contributed by atoms with E-state index in [1.165, 1.54) is 4.90 Å². The van der Waals surface area contributed by atoms with Crippen LogP contribution in [0.5, 0.6) is 0 Å². The number of likely N-dealkylation sites (tertiary alicyclic amines) is 1. The van der Waals surface area contributed by atoms with Crippen LogP contribution >= 0.6 is 0 Å². The molecule has 0 bridgehead atoms. The molecular formula is C29H34F3N5O3.